The molecule has 0 aromatic carbocycles. The van der Waals surface area contributed by atoms with Crippen LogP contribution in [0.25, 0.3) is 5.57 Å². The molecule has 1 aromatic rings. The van der Waals surface area contributed by atoms with E-state index < -0.39 is 0 Å². The average molecular weight is 205 g/mol. The Morgan fingerprint density at radius 3 is 2.67 bits per heavy atom. The van der Waals surface area contributed by atoms with Crippen LogP contribution in [0, 0.1) is 5.41 Å². The van der Waals surface area contributed by atoms with Gasteiger partial charge in [0.2, 0.25) is 5.91 Å². The molecule has 0 aliphatic carbocycles. The van der Waals surface area contributed by atoms with Crippen molar-refractivity contribution in [3.05, 3.63) is 30.2 Å². The summed E-state index contributed by atoms with van der Waals surface area (Å²) in [6, 6.07) is 3.74. The van der Waals surface area contributed by atoms with Gasteiger partial charge in [-0.15, -0.1) is 0 Å². The highest BCUT2D eigenvalue weighted by Gasteiger charge is 2.35. The van der Waals surface area contributed by atoms with Gasteiger partial charge in [0.05, 0.1) is 12.3 Å². The summed E-state index contributed by atoms with van der Waals surface area (Å²) in [5.41, 5.74) is 0.933. The van der Waals surface area contributed by atoms with E-state index in [0.717, 1.165) is 11.3 Å². The molecule has 1 atom stereocenters. The lowest BCUT2D eigenvalue weighted by atomic mass is 9.82. The van der Waals surface area contributed by atoms with E-state index in [1.807, 2.05) is 12.1 Å². The van der Waals surface area contributed by atoms with E-state index in [2.05, 4.69) is 26.1 Å². The number of nitrogens with one attached hydrogen (secondary N) is 1. The van der Waals surface area contributed by atoms with Crippen molar-refractivity contribution in [2.24, 2.45) is 5.41 Å². The van der Waals surface area contributed by atoms with Crippen molar-refractivity contribution in [3.63, 3.8) is 0 Å². The zero-order chi connectivity index (χ0) is 11.1. The number of rotatable bonds is 1. The molecule has 2 rings (SSSR count). The summed E-state index contributed by atoms with van der Waals surface area (Å²) in [5.74, 6) is 0.731. The summed E-state index contributed by atoms with van der Waals surface area (Å²) in [5, 5.41) is 2.94. The van der Waals surface area contributed by atoms with Crippen molar-refractivity contribution in [2.45, 2.75) is 26.8 Å². The van der Waals surface area contributed by atoms with Gasteiger partial charge in [-0.25, -0.2) is 0 Å². The molecule has 1 aromatic heterocycles. The third kappa shape index (κ3) is 1.82. The standard InChI is InChI=1S/C12H15NO2/c1-12(2,3)11-8(7-10(14)13-11)9-5-4-6-15-9/h4-7,11H,1-3H3,(H,13,14). The Labute approximate surface area is 89.2 Å². The molecule has 80 valence electrons. The van der Waals surface area contributed by atoms with Gasteiger partial charge < -0.3 is 9.73 Å². The van der Waals surface area contributed by atoms with Crippen molar-refractivity contribution in [1.82, 2.24) is 5.32 Å². The summed E-state index contributed by atoms with van der Waals surface area (Å²) in [7, 11) is 0. The zero-order valence-electron chi connectivity index (χ0n) is 9.20. The molecular formula is C12H15NO2. The monoisotopic (exact) mass is 205 g/mol. The van der Waals surface area contributed by atoms with Gasteiger partial charge in [0.1, 0.15) is 5.76 Å². The van der Waals surface area contributed by atoms with Crippen molar-refractivity contribution in [1.29, 1.82) is 0 Å². The first-order valence-corrected chi connectivity index (χ1v) is 5.04. The van der Waals surface area contributed by atoms with Crippen LogP contribution < -0.4 is 5.32 Å². The fourth-order valence-electron chi connectivity index (χ4n) is 1.83. The van der Waals surface area contributed by atoms with E-state index in [4.69, 9.17) is 4.42 Å². The van der Waals surface area contributed by atoms with Crippen LogP contribution in [0.15, 0.2) is 28.9 Å². The topological polar surface area (TPSA) is 42.2 Å². The van der Waals surface area contributed by atoms with E-state index in [-0.39, 0.29) is 17.4 Å². The molecule has 1 aliphatic heterocycles. The van der Waals surface area contributed by atoms with Gasteiger partial charge in [0.15, 0.2) is 0 Å². The van der Waals surface area contributed by atoms with Gasteiger partial charge in [-0.2, -0.15) is 0 Å². The molecule has 0 spiro atoms. The number of hydrogen-bond donors (Lipinski definition) is 1. The molecule has 15 heavy (non-hydrogen) atoms. The van der Waals surface area contributed by atoms with E-state index in [1.165, 1.54) is 0 Å². The van der Waals surface area contributed by atoms with Crippen molar-refractivity contribution < 1.29 is 9.21 Å². The van der Waals surface area contributed by atoms with Gasteiger partial charge in [-0.3, -0.25) is 4.79 Å². The van der Waals surface area contributed by atoms with E-state index >= 15 is 0 Å². The predicted octanol–water partition coefficient (Wildman–Crippen LogP) is 2.21. The lowest BCUT2D eigenvalue weighted by Gasteiger charge is -2.28. The fourth-order valence-corrected chi connectivity index (χ4v) is 1.83. The number of amides is 1. The molecule has 1 N–H and O–H groups in total. The molecule has 0 saturated heterocycles. The van der Waals surface area contributed by atoms with Crippen LogP contribution >= 0.6 is 0 Å². The number of hydrogen-bond acceptors (Lipinski definition) is 2. The first-order chi connectivity index (χ1) is 6.98. The van der Waals surface area contributed by atoms with Gasteiger partial charge in [0, 0.05) is 11.6 Å². The highest BCUT2D eigenvalue weighted by atomic mass is 16.3. The summed E-state index contributed by atoms with van der Waals surface area (Å²) in [4.78, 5) is 11.4. The third-order valence-electron chi connectivity index (χ3n) is 2.56. The molecule has 3 heteroatoms. The normalized spacial score (nSPS) is 21.4. The van der Waals surface area contributed by atoms with Crippen LogP contribution in [0.2, 0.25) is 0 Å². The Morgan fingerprint density at radius 1 is 1.40 bits per heavy atom. The molecule has 1 unspecified atom stereocenters. The molecule has 2 heterocycles. The summed E-state index contributed by atoms with van der Waals surface area (Å²) in [6.07, 6.45) is 3.24. The van der Waals surface area contributed by atoms with Crippen LogP contribution in [0.3, 0.4) is 0 Å². The van der Waals surface area contributed by atoms with Gasteiger partial charge >= 0.3 is 0 Å². The molecule has 1 aliphatic rings. The van der Waals surface area contributed by atoms with Crippen LogP contribution in [-0.2, 0) is 4.79 Å². The lowest BCUT2D eigenvalue weighted by Crippen LogP contribution is -2.39. The summed E-state index contributed by atoms with van der Waals surface area (Å²) in [6.45, 7) is 6.29. The predicted molar refractivity (Wildman–Crippen MR) is 58.1 cm³/mol. The minimum Gasteiger partial charge on any atom is -0.465 e. The van der Waals surface area contributed by atoms with Crippen LogP contribution in [0.1, 0.15) is 26.5 Å². The second-order valence-corrected chi connectivity index (χ2v) is 4.88. The molecule has 3 nitrogen and oxygen atoms in total. The molecule has 0 saturated carbocycles. The zero-order valence-corrected chi connectivity index (χ0v) is 9.20. The van der Waals surface area contributed by atoms with Crippen LogP contribution in [-0.4, -0.2) is 11.9 Å². The quantitative estimate of drug-likeness (QED) is 0.763. The summed E-state index contributed by atoms with van der Waals surface area (Å²) < 4.78 is 5.33. The molecule has 0 radical (unpaired) electrons. The van der Waals surface area contributed by atoms with Gasteiger partial charge in [-0.1, -0.05) is 20.8 Å². The Balaban J connectivity index is 2.37. The maximum atomic E-state index is 11.4. The highest BCUT2D eigenvalue weighted by molar-refractivity contribution is 6.01. The van der Waals surface area contributed by atoms with Crippen molar-refractivity contribution in [3.8, 4) is 0 Å². The highest BCUT2D eigenvalue weighted by Crippen LogP contribution is 2.33. The smallest absolute Gasteiger partial charge is 0.244 e. The van der Waals surface area contributed by atoms with Gasteiger partial charge in [-0.05, 0) is 17.5 Å². The van der Waals surface area contributed by atoms with E-state index in [9.17, 15) is 4.79 Å². The number of furan rings is 1. The first-order valence-electron chi connectivity index (χ1n) is 5.04. The maximum absolute atomic E-state index is 11.4. The molecule has 1 amide bonds. The molecule has 0 bridgehead atoms. The second kappa shape index (κ2) is 3.26. The number of carbonyl (C=O) groups is 1. The van der Waals surface area contributed by atoms with Gasteiger partial charge in [0.25, 0.3) is 0 Å². The average Bonchev–Trinajstić information content (AvgIpc) is 2.68. The Hall–Kier alpha value is -1.51. The minimum atomic E-state index is -0.0404. The molecular weight excluding hydrogens is 190 g/mol. The van der Waals surface area contributed by atoms with Crippen molar-refractivity contribution in [2.75, 3.05) is 0 Å². The van der Waals surface area contributed by atoms with E-state index in [0.29, 0.717) is 0 Å². The SMILES string of the molecule is CC(C)(C)C1NC(=O)C=C1c1ccco1. The third-order valence-corrected chi connectivity index (χ3v) is 2.56. The van der Waals surface area contributed by atoms with E-state index in [1.54, 1.807) is 12.3 Å². The Morgan fingerprint density at radius 2 is 2.13 bits per heavy atom. The Bertz CT molecular complexity index is 396. The van der Waals surface area contributed by atoms with Crippen molar-refractivity contribution >= 4 is 11.5 Å². The molecule has 0 fully saturated rings. The minimum absolute atomic E-state index is 0.00914. The second-order valence-electron chi connectivity index (χ2n) is 4.88. The van der Waals surface area contributed by atoms with Crippen LogP contribution in [0.4, 0.5) is 0 Å². The maximum Gasteiger partial charge on any atom is 0.244 e. The fraction of sp³-hybridized carbons (Fsp3) is 0.417. The lowest BCUT2D eigenvalue weighted by molar-refractivity contribution is -0.116. The largest absolute Gasteiger partial charge is 0.465 e. The number of carbonyl (C=O) groups excluding carboxylic acids is 1. The Kier molecular flexibility index (Phi) is 2.18. The summed E-state index contributed by atoms with van der Waals surface area (Å²) >= 11 is 0. The van der Waals surface area contributed by atoms with Crippen LogP contribution in [0.5, 0.6) is 0 Å². The first kappa shape index (κ1) is 10.0.